The molecule has 1 heterocycles. The summed E-state index contributed by atoms with van der Waals surface area (Å²) in [5, 5.41) is 5.08. The van der Waals surface area contributed by atoms with E-state index in [4.69, 9.17) is 9.72 Å². The van der Waals surface area contributed by atoms with Gasteiger partial charge >= 0.3 is 0 Å². The molecule has 1 aliphatic rings. The molecule has 0 radical (unpaired) electrons. The smallest absolute Gasteiger partial charge is 0.209 e. The van der Waals surface area contributed by atoms with E-state index in [0.29, 0.717) is 0 Å². The van der Waals surface area contributed by atoms with Crippen molar-refractivity contribution in [1.82, 2.24) is 4.98 Å². The van der Waals surface area contributed by atoms with Gasteiger partial charge < -0.3 is 4.74 Å². The van der Waals surface area contributed by atoms with Crippen molar-refractivity contribution in [3.63, 3.8) is 0 Å². The number of aromatic nitrogens is 1. The Bertz CT molecular complexity index is 1200. The quantitative estimate of drug-likeness (QED) is 0.305. The van der Waals surface area contributed by atoms with Crippen molar-refractivity contribution in [3.05, 3.63) is 77.2 Å². The summed E-state index contributed by atoms with van der Waals surface area (Å²) < 4.78 is 5.49. The minimum absolute atomic E-state index is 0.734. The van der Waals surface area contributed by atoms with Crippen LogP contribution in [0.4, 0.5) is 5.13 Å². The van der Waals surface area contributed by atoms with Crippen LogP contribution in [-0.4, -0.2) is 18.3 Å². The van der Waals surface area contributed by atoms with Crippen molar-refractivity contribution in [1.29, 1.82) is 0 Å². The minimum atomic E-state index is 0.734. The maximum absolute atomic E-state index is 5.49. The highest BCUT2D eigenvalue weighted by molar-refractivity contribution is 7.13. The first-order valence-electron chi connectivity index (χ1n) is 11.0. The molecule has 1 aliphatic carbocycles. The highest BCUT2D eigenvalue weighted by Crippen LogP contribution is 2.34. The SMILES string of the molecule is COc1ccc(C=Nc2nc(-c3ccc(C4CCCCC4)cc3)cs2)c2ccccc12. The van der Waals surface area contributed by atoms with Crippen molar-refractivity contribution in [2.24, 2.45) is 4.99 Å². The first kappa shape index (κ1) is 20.0. The van der Waals surface area contributed by atoms with Gasteiger partial charge in [0.1, 0.15) is 5.75 Å². The number of fused-ring (bicyclic) bond motifs is 1. The van der Waals surface area contributed by atoms with Gasteiger partial charge in [0.15, 0.2) is 0 Å². The Kier molecular flexibility index (Phi) is 5.81. The zero-order valence-corrected chi connectivity index (χ0v) is 18.6. The molecule has 0 aliphatic heterocycles. The van der Waals surface area contributed by atoms with Gasteiger partial charge in [0.05, 0.1) is 12.8 Å². The lowest BCUT2D eigenvalue weighted by molar-refractivity contribution is 0.420. The van der Waals surface area contributed by atoms with Gasteiger partial charge in [-0.3, -0.25) is 0 Å². The second kappa shape index (κ2) is 9.03. The van der Waals surface area contributed by atoms with Crippen LogP contribution in [0.15, 0.2) is 71.0 Å². The maximum atomic E-state index is 5.49. The third-order valence-corrected chi connectivity index (χ3v) is 6.98. The highest BCUT2D eigenvalue weighted by Gasteiger charge is 2.15. The molecule has 1 fully saturated rings. The van der Waals surface area contributed by atoms with Crippen molar-refractivity contribution >= 4 is 33.5 Å². The molecule has 4 heteroatoms. The number of hydrogen-bond donors (Lipinski definition) is 0. The average Bonchev–Trinajstić information content (AvgIpc) is 3.32. The number of nitrogens with zero attached hydrogens (tertiary/aromatic N) is 2. The predicted octanol–water partition coefficient (Wildman–Crippen LogP) is 7.77. The van der Waals surface area contributed by atoms with E-state index < -0.39 is 0 Å². The molecule has 3 nitrogen and oxygen atoms in total. The molecule has 0 unspecified atom stereocenters. The fourth-order valence-corrected chi connectivity index (χ4v) is 5.20. The maximum Gasteiger partial charge on any atom is 0.209 e. The number of hydrogen-bond acceptors (Lipinski definition) is 4. The predicted molar refractivity (Wildman–Crippen MR) is 131 cm³/mol. The van der Waals surface area contributed by atoms with E-state index in [-0.39, 0.29) is 0 Å². The van der Waals surface area contributed by atoms with Crippen molar-refractivity contribution in [2.45, 2.75) is 38.0 Å². The molecule has 31 heavy (non-hydrogen) atoms. The number of rotatable bonds is 5. The van der Waals surface area contributed by atoms with Crippen LogP contribution < -0.4 is 4.74 Å². The summed E-state index contributed by atoms with van der Waals surface area (Å²) in [6.07, 6.45) is 8.68. The molecule has 1 aromatic heterocycles. The number of thiazole rings is 1. The van der Waals surface area contributed by atoms with Crippen LogP contribution in [0.1, 0.15) is 49.1 Å². The standard InChI is InChI=1S/C27H26N2OS/c1-30-26-16-15-22(23-9-5-6-10-24(23)26)17-28-27-29-25(18-31-27)21-13-11-20(12-14-21)19-7-3-2-4-8-19/h5-6,9-19H,2-4,7-8H2,1H3. The van der Waals surface area contributed by atoms with Crippen LogP contribution in [0.25, 0.3) is 22.0 Å². The Balaban J connectivity index is 1.35. The molecule has 0 atom stereocenters. The molecule has 156 valence electrons. The molecular weight excluding hydrogens is 400 g/mol. The molecule has 0 amide bonds. The molecule has 0 N–H and O–H groups in total. The van der Waals surface area contributed by atoms with Crippen LogP contribution >= 0.6 is 11.3 Å². The molecular formula is C27H26N2OS. The number of aliphatic imine (C=N–C) groups is 1. The molecule has 4 aromatic rings. The van der Waals surface area contributed by atoms with E-state index in [1.54, 1.807) is 18.4 Å². The summed E-state index contributed by atoms with van der Waals surface area (Å²) in [5.74, 6) is 1.61. The van der Waals surface area contributed by atoms with Gasteiger partial charge in [-0.2, -0.15) is 0 Å². The Labute approximate surface area is 187 Å². The van der Waals surface area contributed by atoms with Crippen LogP contribution in [-0.2, 0) is 0 Å². The van der Waals surface area contributed by atoms with Crippen LogP contribution in [0.2, 0.25) is 0 Å². The Hall–Kier alpha value is -2.98. The monoisotopic (exact) mass is 426 g/mol. The first-order chi connectivity index (χ1) is 15.3. The zero-order chi connectivity index (χ0) is 21.0. The van der Waals surface area contributed by atoms with Crippen LogP contribution in [0.3, 0.4) is 0 Å². The number of ether oxygens (including phenoxy) is 1. The summed E-state index contributed by atoms with van der Waals surface area (Å²) in [6.45, 7) is 0. The van der Waals surface area contributed by atoms with Crippen LogP contribution in [0.5, 0.6) is 5.75 Å². The van der Waals surface area contributed by atoms with Gasteiger partial charge in [-0.1, -0.05) is 67.8 Å². The summed E-state index contributed by atoms with van der Waals surface area (Å²) >= 11 is 1.58. The number of benzene rings is 3. The number of methoxy groups -OCH3 is 1. The van der Waals surface area contributed by atoms with E-state index in [9.17, 15) is 0 Å². The largest absolute Gasteiger partial charge is 0.496 e. The van der Waals surface area contributed by atoms with Crippen molar-refractivity contribution in [2.75, 3.05) is 7.11 Å². The third kappa shape index (κ3) is 4.26. The van der Waals surface area contributed by atoms with E-state index in [0.717, 1.165) is 44.4 Å². The molecule has 1 saturated carbocycles. The fraction of sp³-hybridized carbons (Fsp3) is 0.259. The Morgan fingerprint density at radius 2 is 1.71 bits per heavy atom. The molecule has 3 aromatic carbocycles. The summed E-state index contributed by atoms with van der Waals surface area (Å²) in [5.41, 5.74) is 4.69. The van der Waals surface area contributed by atoms with Gasteiger partial charge in [0.2, 0.25) is 5.13 Å². The minimum Gasteiger partial charge on any atom is -0.496 e. The topological polar surface area (TPSA) is 34.5 Å². The summed E-state index contributed by atoms with van der Waals surface area (Å²) in [4.78, 5) is 9.41. The molecule has 0 bridgehead atoms. The second-order valence-electron chi connectivity index (χ2n) is 8.13. The molecule has 0 saturated heterocycles. The third-order valence-electron chi connectivity index (χ3n) is 6.23. The van der Waals surface area contributed by atoms with Crippen LogP contribution in [0, 0.1) is 0 Å². The van der Waals surface area contributed by atoms with E-state index in [2.05, 4.69) is 46.8 Å². The Morgan fingerprint density at radius 3 is 2.48 bits per heavy atom. The lowest BCUT2D eigenvalue weighted by Crippen LogP contribution is -2.04. The normalized spacial score (nSPS) is 15.0. The van der Waals surface area contributed by atoms with E-state index >= 15 is 0 Å². The van der Waals surface area contributed by atoms with Gasteiger partial charge in [-0.25, -0.2) is 9.98 Å². The van der Waals surface area contributed by atoms with Gasteiger partial charge in [0.25, 0.3) is 0 Å². The average molecular weight is 427 g/mol. The highest BCUT2D eigenvalue weighted by atomic mass is 32.1. The van der Waals surface area contributed by atoms with E-state index in [1.165, 1.54) is 37.7 Å². The lowest BCUT2D eigenvalue weighted by Gasteiger charge is -2.22. The van der Waals surface area contributed by atoms with E-state index in [1.807, 2.05) is 30.5 Å². The first-order valence-corrected chi connectivity index (χ1v) is 11.9. The fourth-order valence-electron chi connectivity index (χ4n) is 4.53. The lowest BCUT2D eigenvalue weighted by atomic mass is 9.84. The Morgan fingerprint density at radius 1 is 0.935 bits per heavy atom. The molecule has 0 spiro atoms. The van der Waals surface area contributed by atoms with Crippen molar-refractivity contribution < 1.29 is 4.74 Å². The van der Waals surface area contributed by atoms with Gasteiger partial charge in [-0.15, -0.1) is 11.3 Å². The second-order valence-corrected chi connectivity index (χ2v) is 8.97. The summed E-state index contributed by atoms with van der Waals surface area (Å²) in [6, 6.07) is 21.3. The van der Waals surface area contributed by atoms with Crippen molar-refractivity contribution in [3.8, 4) is 17.0 Å². The molecule has 5 rings (SSSR count). The summed E-state index contributed by atoms with van der Waals surface area (Å²) in [7, 11) is 1.70. The van der Waals surface area contributed by atoms with Gasteiger partial charge in [0, 0.05) is 28.1 Å². The van der Waals surface area contributed by atoms with Gasteiger partial charge in [-0.05, 0) is 41.8 Å². The zero-order valence-electron chi connectivity index (χ0n) is 17.8.